The van der Waals surface area contributed by atoms with E-state index < -0.39 is 0 Å². The number of carbonyl (C=O) groups excluding carboxylic acids is 1. The lowest BCUT2D eigenvalue weighted by atomic mass is 9.97. The number of hydrogen-bond donors (Lipinski definition) is 2. The van der Waals surface area contributed by atoms with Crippen molar-refractivity contribution >= 4 is 5.91 Å². The molecule has 5 nitrogen and oxygen atoms in total. The molecule has 25 heavy (non-hydrogen) atoms. The number of benzene rings is 1. The number of nitrogens with one attached hydrogen (secondary N) is 1. The Bertz CT molecular complexity index is 687. The van der Waals surface area contributed by atoms with Crippen molar-refractivity contribution in [2.75, 3.05) is 13.2 Å². The second kappa shape index (κ2) is 9.18. The van der Waals surface area contributed by atoms with Crippen LogP contribution in [0.1, 0.15) is 47.8 Å². The Morgan fingerprint density at radius 2 is 2.12 bits per heavy atom. The predicted octanol–water partition coefficient (Wildman–Crippen LogP) is 3.24. The van der Waals surface area contributed by atoms with Crippen LogP contribution in [0.15, 0.2) is 42.7 Å². The quantitative estimate of drug-likeness (QED) is 0.773. The van der Waals surface area contributed by atoms with Crippen LogP contribution in [0.4, 0.5) is 0 Å². The molecule has 5 heteroatoms. The van der Waals surface area contributed by atoms with Gasteiger partial charge < -0.3 is 15.8 Å². The van der Waals surface area contributed by atoms with Crippen LogP contribution in [0.25, 0.3) is 0 Å². The first-order chi connectivity index (χ1) is 12.0. The molecule has 2 rings (SSSR count). The first-order valence-corrected chi connectivity index (χ1v) is 8.65. The molecule has 0 bridgehead atoms. The van der Waals surface area contributed by atoms with Gasteiger partial charge in [0.1, 0.15) is 12.4 Å². The Hall–Kier alpha value is -2.40. The summed E-state index contributed by atoms with van der Waals surface area (Å²) in [5, 5.41) is 3.13. The Morgan fingerprint density at radius 1 is 1.32 bits per heavy atom. The van der Waals surface area contributed by atoms with Crippen molar-refractivity contribution in [3.8, 4) is 5.75 Å². The molecule has 0 radical (unpaired) electrons. The maximum Gasteiger partial charge on any atom is 0.255 e. The van der Waals surface area contributed by atoms with Gasteiger partial charge in [0.25, 0.3) is 5.91 Å². The summed E-state index contributed by atoms with van der Waals surface area (Å²) >= 11 is 0. The largest absolute Gasteiger partial charge is 0.491 e. The topological polar surface area (TPSA) is 77.2 Å². The fourth-order valence-electron chi connectivity index (χ4n) is 2.68. The number of nitrogens with zero attached hydrogens (tertiary/aromatic N) is 1. The monoisotopic (exact) mass is 341 g/mol. The second-order valence-electron chi connectivity index (χ2n) is 6.58. The van der Waals surface area contributed by atoms with E-state index in [1.54, 1.807) is 12.4 Å². The zero-order chi connectivity index (χ0) is 18.2. The molecule has 1 amide bonds. The van der Waals surface area contributed by atoms with E-state index in [0.717, 1.165) is 17.5 Å². The highest BCUT2D eigenvalue weighted by Crippen LogP contribution is 2.24. The molecule has 0 spiro atoms. The van der Waals surface area contributed by atoms with Crippen molar-refractivity contribution in [3.63, 3.8) is 0 Å². The second-order valence-corrected chi connectivity index (χ2v) is 6.58. The van der Waals surface area contributed by atoms with Crippen LogP contribution in [0.3, 0.4) is 0 Å². The number of carbonyl (C=O) groups is 1. The van der Waals surface area contributed by atoms with Crippen molar-refractivity contribution in [1.29, 1.82) is 0 Å². The van der Waals surface area contributed by atoms with E-state index in [9.17, 15) is 4.79 Å². The van der Waals surface area contributed by atoms with Crippen LogP contribution in [-0.4, -0.2) is 24.0 Å². The Kier molecular flexibility index (Phi) is 6.95. The lowest BCUT2D eigenvalue weighted by molar-refractivity contribution is 0.0928. The molecule has 0 fully saturated rings. The zero-order valence-corrected chi connectivity index (χ0v) is 15.2. The van der Waals surface area contributed by atoms with Crippen molar-refractivity contribution in [2.24, 2.45) is 11.7 Å². The summed E-state index contributed by atoms with van der Waals surface area (Å²) in [5.41, 5.74) is 8.05. The highest BCUT2D eigenvalue weighted by Gasteiger charge is 2.20. The predicted molar refractivity (Wildman–Crippen MR) is 99.6 cm³/mol. The van der Waals surface area contributed by atoms with Gasteiger partial charge in [0, 0.05) is 18.9 Å². The minimum absolute atomic E-state index is 0.0935. The number of aromatic nitrogens is 1. The first-order valence-electron chi connectivity index (χ1n) is 8.65. The van der Waals surface area contributed by atoms with Gasteiger partial charge in [-0.1, -0.05) is 31.5 Å². The highest BCUT2D eigenvalue weighted by molar-refractivity contribution is 5.97. The van der Waals surface area contributed by atoms with E-state index in [2.05, 4.69) is 24.1 Å². The van der Waals surface area contributed by atoms with Gasteiger partial charge in [0.05, 0.1) is 11.6 Å². The average molecular weight is 341 g/mol. The number of hydrogen-bond acceptors (Lipinski definition) is 4. The molecule has 0 aliphatic heterocycles. The van der Waals surface area contributed by atoms with E-state index in [4.69, 9.17) is 10.5 Å². The standard InChI is InChI=1S/C20H27N3O2/c1-14(2)11-18(16-5-4-9-22-13-16)23-20(24)17-12-15(3)6-7-19(17)25-10-8-21/h4-7,9,12-14,18H,8,10-11,21H2,1-3H3,(H,23,24)/t18-/m0/s1. The van der Waals surface area contributed by atoms with Crippen LogP contribution in [0.2, 0.25) is 0 Å². The molecule has 134 valence electrons. The lowest BCUT2D eigenvalue weighted by Gasteiger charge is -2.22. The van der Waals surface area contributed by atoms with Crippen LogP contribution in [0, 0.1) is 12.8 Å². The average Bonchev–Trinajstić information content (AvgIpc) is 2.60. The van der Waals surface area contributed by atoms with Crippen LogP contribution >= 0.6 is 0 Å². The van der Waals surface area contributed by atoms with Crippen molar-refractivity contribution < 1.29 is 9.53 Å². The molecule has 1 aromatic heterocycles. The molecule has 2 aromatic rings. The molecular formula is C20H27N3O2. The van der Waals surface area contributed by atoms with E-state index in [-0.39, 0.29) is 11.9 Å². The number of nitrogens with two attached hydrogens (primary N) is 1. The zero-order valence-electron chi connectivity index (χ0n) is 15.2. The van der Waals surface area contributed by atoms with Crippen LogP contribution < -0.4 is 15.8 Å². The van der Waals surface area contributed by atoms with Gasteiger partial charge in [-0.25, -0.2) is 0 Å². The van der Waals surface area contributed by atoms with Crippen LogP contribution in [0.5, 0.6) is 5.75 Å². The summed E-state index contributed by atoms with van der Waals surface area (Å²) in [5.74, 6) is 0.851. The van der Waals surface area contributed by atoms with Gasteiger partial charge >= 0.3 is 0 Å². The van der Waals surface area contributed by atoms with Gasteiger partial charge in [-0.05, 0) is 43.0 Å². The molecule has 0 aliphatic rings. The minimum Gasteiger partial charge on any atom is -0.491 e. The molecule has 0 unspecified atom stereocenters. The number of aryl methyl sites for hydroxylation is 1. The molecular weight excluding hydrogens is 314 g/mol. The fraction of sp³-hybridized carbons (Fsp3) is 0.400. The maximum absolute atomic E-state index is 12.9. The molecule has 0 aliphatic carbocycles. The molecule has 0 saturated heterocycles. The Labute approximate surface area is 149 Å². The third-order valence-electron chi connectivity index (χ3n) is 3.85. The van der Waals surface area contributed by atoms with Gasteiger partial charge in [-0.3, -0.25) is 9.78 Å². The van der Waals surface area contributed by atoms with E-state index >= 15 is 0 Å². The third-order valence-corrected chi connectivity index (χ3v) is 3.85. The lowest BCUT2D eigenvalue weighted by Crippen LogP contribution is -2.30. The van der Waals surface area contributed by atoms with Gasteiger partial charge in [0.2, 0.25) is 0 Å². The van der Waals surface area contributed by atoms with Gasteiger partial charge in [-0.2, -0.15) is 0 Å². The molecule has 3 N–H and O–H groups in total. The summed E-state index contributed by atoms with van der Waals surface area (Å²) in [4.78, 5) is 17.1. The summed E-state index contributed by atoms with van der Waals surface area (Å²) in [6, 6.07) is 9.37. The molecule has 0 saturated carbocycles. The summed E-state index contributed by atoms with van der Waals surface area (Å²) in [7, 11) is 0. The molecule has 1 aromatic carbocycles. The van der Waals surface area contributed by atoms with E-state index in [1.165, 1.54) is 0 Å². The van der Waals surface area contributed by atoms with Crippen LogP contribution in [-0.2, 0) is 0 Å². The number of ether oxygens (including phenoxy) is 1. The van der Waals surface area contributed by atoms with Crippen molar-refractivity contribution in [2.45, 2.75) is 33.2 Å². The summed E-state index contributed by atoms with van der Waals surface area (Å²) in [6.07, 6.45) is 4.37. The van der Waals surface area contributed by atoms with Gasteiger partial charge in [0.15, 0.2) is 0 Å². The van der Waals surface area contributed by atoms with E-state index in [0.29, 0.717) is 30.4 Å². The van der Waals surface area contributed by atoms with Gasteiger partial charge in [-0.15, -0.1) is 0 Å². The highest BCUT2D eigenvalue weighted by atomic mass is 16.5. The SMILES string of the molecule is Cc1ccc(OCCN)c(C(=O)N[C@@H](CC(C)C)c2cccnc2)c1. The first kappa shape index (κ1) is 18.9. The third kappa shape index (κ3) is 5.57. The number of pyridine rings is 1. The number of rotatable bonds is 8. The Morgan fingerprint density at radius 3 is 2.76 bits per heavy atom. The molecule has 1 heterocycles. The smallest absolute Gasteiger partial charge is 0.255 e. The summed E-state index contributed by atoms with van der Waals surface area (Å²) in [6.45, 7) is 7.01. The van der Waals surface area contributed by atoms with Crippen molar-refractivity contribution in [3.05, 3.63) is 59.4 Å². The van der Waals surface area contributed by atoms with Crippen molar-refractivity contribution in [1.82, 2.24) is 10.3 Å². The maximum atomic E-state index is 12.9. The minimum atomic E-state index is -0.148. The normalized spacial score (nSPS) is 12.0. The number of amides is 1. The molecule has 1 atom stereocenters. The fourth-order valence-corrected chi connectivity index (χ4v) is 2.68. The Balaban J connectivity index is 2.24. The van der Waals surface area contributed by atoms with E-state index in [1.807, 2.05) is 37.3 Å². The summed E-state index contributed by atoms with van der Waals surface area (Å²) < 4.78 is 5.63.